The lowest BCUT2D eigenvalue weighted by molar-refractivity contribution is -0.142. The van der Waals surface area contributed by atoms with Crippen LogP contribution in [0, 0.1) is 17.3 Å². The smallest absolute Gasteiger partial charge is 0.434 e. The number of amides is 1. The van der Waals surface area contributed by atoms with Crippen LogP contribution in [0.1, 0.15) is 43.3 Å². The molecular weight excluding hydrogens is 357 g/mol. The van der Waals surface area contributed by atoms with E-state index in [-0.39, 0.29) is 11.8 Å². The van der Waals surface area contributed by atoms with E-state index in [1.54, 1.807) is 18.7 Å². The first-order chi connectivity index (χ1) is 11.5. The van der Waals surface area contributed by atoms with Gasteiger partial charge in [-0.2, -0.15) is 13.2 Å². The van der Waals surface area contributed by atoms with Crippen LogP contribution in [0.3, 0.4) is 0 Å². The molecule has 3 atom stereocenters. The number of halogens is 3. The van der Waals surface area contributed by atoms with E-state index in [2.05, 4.69) is 4.98 Å². The summed E-state index contributed by atoms with van der Waals surface area (Å²) in [6.07, 6.45) is -3.13. The molecule has 138 valence electrons. The SMILES string of the molecule is CC1(C)[C@H](C(=O)O)[C@@H]1C(=O)N1CCCC(c2nc(C(F)(F)F)cs2)C1. The highest BCUT2D eigenvalue weighted by atomic mass is 32.1. The average Bonchev–Trinajstić information content (AvgIpc) is 2.87. The van der Waals surface area contributed by atoms with Gasteiger partial charge >= 0.3 is 12.1 Å². The zero-order valence-corrected chi connectivity index (χ0v) is 14.7. The maximum atomic E-state index is 12.7. The first-order valence-electron chi connectivity index (χ1n) is 8.07. The molecule has 5 nitrogen and oxygen atoms in total. The van der Waals surface area contributed by atoms with Crippen LogP contribution in [0.2, 0.25) is 0 Å². The van der Waals surface area contributed by atoms with Crippen LogP contribution in [0.4, 0.5) is 13.2 Å². The number of aromatic nitrogens is 1. The van der Waals surface area contributed by atoms with Crippen molar-refractivity contribution in [3.63, 3.8) is 0 Å². The number of carbonyl (C=O) groups excluding carboxylic acids is 1. The quantitative estimate of drug-likeness (QED) is 0.879. The molecule has 0 radical (unpaired) electrons. The van der Waals surface area contributed by atoms with Crippen molar-refractivity contribution in [3.8, 4) is 0 Å². The number of likely N-dealkylation sites (tertiary alicyclic amines) is 1. The zero-order chi connectivity index (χ0) is 18.6. The molecule has 1 aromatic rings. The minimum atomic E-state index is -4.47. The predicted molar refractivity (Wildman–Crippen MR) is 84.1 cm³/mol. The molecule has 2 aliphatic rings. The Morgan fingerprint density at radius 3 is 2.56 bits per heavy atom. The summed E-state index contributed by atoms with van der Waals surface area (Å²) in [5, 5.41) is 10.6. The fourth-order valence-corrected chi connectivity index (χ4v) is 4.70. The number of piperidine rings is 1. The van der Waals surface area contributed by atoms with Crippen LogP contribution < -0.4 is 0 Å². The lowest BCUT2D eigenvalue weighted by atomic mass is 9.97. The van der Waals surface area contributed by atoms with Crippen LogP contribution >= 0.6 is 11.3 Å². The van der Waals surface area contributed by atoms with Crippen LogP contribution in [0.5, 0.6) is 0 Å². The first-order valence-corrected chi connectivity index (χ1v) is 8.95. The number of rotatable bonds is 3. The van der Waals surface area contributed by atoms with Gasteiger partial charge in [0.15, 0.2) is 5.69 Å². The normalized spacial score (nSPS) is 28.7. The van der Waals surface area contributed by atoms with Gasteiger partial charge in [-0.25, -0.2) is 4.98 Å². The van der Waals surface area contributed by atoms with E-state index in [9.17, 15) is 27.9 Å². The second-order valence-electron chi connectivity index (χ2n) is 7.31. The molecule has 1 N–H and O–H groups in total. The van der Waals surface area contributed by atoms with Gasteiger partial charge in [0, 0.05) is 24.4 Å². The van der Waals surface area contributed by atoms with E-state index in [0.29, 0.717) is 30.9 Å². The van der Waals surface area contributed by atoms with Gasteiger partial charge in [-0.1, -0.05) is 13.8 Å². The Hall–Kier alpha value is -1.64. The van der Waals surface area contributed by atoms with Gasteiger partial charge in [0.2, 0.25) is 5.91 Å². The molecule has 0 spiro atoms. The molecule has 0 bridgehead atoms. The van der Waals surface area contributed by atoms with E-state index < -0.39 is 35.1 Å². The molecule has 1 aliphatic heterocycles. The van der Waals surface area contributed by atoms with Crippen molar-refractivity contribution < 1.29 is 27.9 Å². The Bertz CT molecular complexity index is 701. The second-order valence-corrected chi connectivity index (χ2v) is 8.20. The number of carboxylic acids is 1. The molecule has 1 unspecified atom stereocenters. The third-order valence-corrected chi connectivity index (χ3v) is 6.26. The summed E-state index contributed by atoms with van der Waals surface area (Å²) in [5.41, 5.74) is -1.48. The maximum Gasteiger partial charge on any atom is 0.434 e. The van der Waals surface area contributed by atoms with Gasteiger partial charge in [-0.15, -0.1) is 11.3 Å². The van der Waals surface area contributed by atoms with E-state index in [1.165, 1.54) is 0 Å². The number of hydrogen-bond donors (Lipinski definition) is 1. The largest absolute Gasteiger partial charge is 0.481 e. The Morgan fingerprint density at radius 2 is 2.04 bits per heavy atom. The van der Waals surface area contributed by atoms with Crippen molar-refractivity contribution in [1.29, 1.82) is 0 Å². The van der Waals surface area contributed by atoms with Gasteiger partial charge < -0.3 is 10.0 Å². The van der Waals surface area contributed by atoms with Crippen molar-refractivity contribution in [2.75, 3.05) is 13.1 Å². The molecule has 1 amide bonds. The molecule has 3 rings (SSSR count). The molecule has 1 saturated heterocycles. The van der Waals surface area contributed by atoms with Crippen LogP contribution in [-0.4, -0.2) is 40.0 Å². The van der Waals surface area contributed by atoms with Gasteiger partial charge in [-0.05, 0) is 18.3 Å². The number of alkyl halides is 3. The first kappa shape index (κ1) is 18.2. The van der Waals surface area contributed by atoms with Gasteiger partial charge in [0.05, 0.1) is 16.8 Å². The van der Waals surface area contributed by atoms with Crippen LogP contribution in [0.25, 0.3) is 0 Å². The fourth-order valence-electron chi connectivity index (χ4n) is 3.74. The molecule has 1 saturated carbocycles. The van der Waals surface area contributed by atoms with E-state index >= 15 is 0 Å². The Balaban J connectivity index is 1.71. The van der Waals surface area contributed by atoms with Gasteiger partial charge in [0.25, 0.3) is 0 Å². The minimum Gasteiger partial charge on any atom is -0.481 e. The summed E-state index contributed by atoms with van der Waals surface area (Å²) in [6.45, 7) is 4.31. The van der Waals surface area contributed by atoms with E-state index in [0.717, 1.165) is 16.7 Å². The summed E-state index contributed by atoms with van der Waals surface area (Å²) in [5.74, 6) is -2.69. The molecule has 2 heterocycles. The number of aliphatic carboxylic acids is 1. The molecule has 2 fully saturated rings. The second kappa shape index (κ2) is 5.96. The van der Waals surface area contributed by atoms with Crippen molar-refractivity contribution in [2.24, 2.45) is 17.3 Å². The number of nitrogens with zero attached hydrogens (tertiary/aromatic N) is 2. The highest BCUT2D eigenvalue weighted by Crippen LogP contribution is 2.59. The third kappa shape index (κ3) is 3.26. The highest BCUT2D eigenvalue weighted by molar-refractivity contribution is 7.09. The average molecular weight is 376 g/mol. The lowest BCUT2D eigenvalue weighted by Crippen LogP contribution is -2.41. The number of carboxylic acid groups (broad SMARTS) is 1. The Kier molecular flexibility index (Phi) is 4.33. The Morgan fingerprint density at radius 1 is 1.36 bits per heavy atom. The predicted octanol–water partition coefficient (Wildman–Crippen LogP) is 3.22. The Labute approximate surface area is 146 Å². The molecular formula is C16H19F3N2O3S. The van der Waals surface area contributed by atoms with E-state index in [1.807, 2.05) is 0 Å². The molecule has 25 heavy (non-hydrogen) atoms. The monoisotopic (exact) mass is 376 g/mol. The standard InChI is InChI=1S/C16H19F3N2O3S/c1-15(2)10(11(15)14(23)24)13(22)21-5-3-4-8(6-21)12-20-9(7-25-12)16(17,18)19/h7-8,10-11H,3-6H2,1-2H3,(H,23,24)/t8?,10-,11+/m1/s1. The number of hydrogen-bond acceptors (Lipinski definition) is 4. The third-order valence-electron chi connectivity index (χ3n) is 5.25. The van der Waals surface area contributed by atoms with Crippen molar-refractivity contribution >= 4 is 23.2 Å². The number of carbonyl (C=O) groups is 2. The van der Waals surface area contributed by atoms with Crippen LogP contribution in [-0.2, 0) is 15.8 Å². The summed E-state index contributed by atoms with van der Waals surface area (Å²) in [7, 11) is 0. The van der Waals surface area contributed by atoms with Gasteiger partial charge in [-0.3, -0.25) is 9.59 Å². The summed E-state index contributed by atoms with van der Waals surface area (Å²) in [6, 6.07) is 0. The van der Waals surface area contributed by atoms with E-state index in [4.69, 9.17) is 0 Å². The lowest BCUT2D eigenvalue weighted by Gasteiger charge is -2.32. The van der Waals surface area contributed by atoms with Crippen molar-refractivity contribution in [3.05, 3.63) is 16.1 Å². The molecule has 9 heteroatoms. The topological polar surface area (TPSA) is 70.5 Å². The van der Waals surface area contributed by atoms with Crippen LogP contribution in [0.15, 0.2) is 5.38 Å². The summed E-state index contributed by atoms with van der Waals surface area (Å²) < 4.78 is 38.1. The molecule has 0 aromatic carbocycles. The molecule has 1 aliphatic carbocycles. The van der Waals surface area contributed by atoms with Crippen molar-refractivity contribution in [2.45, 2.75) is 38.8 Å². The fraction of sp³-hybridized carbons (Fsp3) is 0.688. The maximum absolute atomic E-state index is 12.7. The number of thiazole rings is 1. The van der Waals surface area contributed by atoms with Gasteiger partial charge in [0.1, 0.15) is 0 Å². The summed E-state index contributed by atoms with van der Waals surface area (Å²) in [4.78, 5) is 29.3. The minimum absolute atomic E-state index is 0.213. The zero-order valence-electron chi connectivity index (χ0n) is 13.8. The highest BCUT2D eigenvalue weighted by Gasteiger charge is 2.66. The summed E-state index contributed by atoms with van der Waals surface area (Å²) >= 11 is 0.963. The molecule has 1 aromatic heterocycles. The van der Waals surface area contributed by atoms with Crippen molar-refractivity contribution in [1.82, 2.24) is 9.88 Å².